The average Bonchev–Trinajstić information content (AvgIpc) is 2.36. The van der Waals surface area contributed by atoms with Gasteiger partial charge in [-0.2, -0.15) is 0 Å². The summed E-state index contributed by atoms with van der Waals surface area (Å²) in [6, 6.07) is 10.4. The van der Waals surface area contributed by atoms with Gasteiger partial charge in [0.05, 0.1) is 12.5 Å². The van der Waals surface area contributed by atoms with Crippen molar-refractivity contribution in [1.82, 2.24) is 0 Å². The van der Waals surface area contributed by atoms with Gasteiger partial charge in [-0.25, -0.2) is 0 Å². The first-order chi connectivity index (χ1) is 8.27. The zero-order valence-electron chi connectivity index (χ0n) is 10.8. The molecule has 1 aromatic rings. The third-order valence-corrected chi connectivity index (χ3v) is 2.97. The number of benzene rings is 1. The fourth-order valence-corrected chi connectivity index (χ4v) is 1.95. The van der Waals surface area contributed by atoms with Crippen LogP contribution in [0.15, 0.2) is 30.3 Å². The van der Waals surface area contributed by atoms with Gasteiger partial charge in [-0.1, -0.05) is 37.3 Å². The van der Waals surface area contributed by atoms with Crippen LogP contribution < -0.4 is 0 Å². The summed E-state index contributed by atoms with van der Waals surface area (Å²) in [7, 11) is 0. The van der Waals surface area contributed by atoms with Gasteiger partial charge in [-0.15, -0.1) is 0 Å². The van der Waals surface area contributed by atoms with Gasteiger partial charge < -0.3 is 4.74 Å². The zero-order valence-corrected chi connectivity index (χ0v) is 10.8. The Balaban J connectivity index is 2.31. The Morgan fingerprint density at radius 2 is 1.94 bits per heavy atom. The highest BCUT2D eigenvalue weighted by Crippen LogP contribution is 2.15. The van der Waals surface area contributed by atoms with E-state index in [1.54, 1.807) is 0 Å². The van der Waals surface area contributed by atoms with E-state index in [0.717, 1.165) is 25.7 Å². The molecule has 0 aliphatic rings. The summed E-state index contributed by atoms with van der Waals surface area (Å²) in [5.74, 6) is 0.0294. The second-order valence-corrected chi connectivity index (χ2v) is 4.24. The van der Waals surface area contributed by atoms with Crippen LogP contribution in [0.3, 0.4) is 0 Å². The molecule has 0 heterocycles. The van der Waals surface area contributed by atoms with Gasteiger partial charge in [-0.3, -0.25) is 4.79 Å². The molecule has 2 nitrogen and oxygen atoms in total. The first kappa shape index (κ1) is 13.8. The van der Waals surface area contributed by atoms with Crippen LogP contribution in [0.5, 0.6) is 0 Å². The molecule has 0 saturated carbocycles. The minimum absolute atomic E-state index is 0.0388. The van der Waals surface area contributed by atoms with Crippen molar-refractivity contribution in [2.24, 2.45) is 5.92 Å². The maximum Gasteiger partial charge on any atom is 0.308 e. The Bertz CT molecular complexity index is 319. The number of rotatable bonds is 7. The quantitative estimate of drug-likeness (QED) is 0.674. The van der Waals surface area contributed by atoms with Gasteiger partial charge in [0, 0.05) is 0 Å². The van der Waals surface area contributed by atoms with E-state index in [9.17, 15) is 4.79 Å². The molecule has 0 fully saturated rings. The largest absolute Gasteiger partial charge is 0.466 e. The Morgan fingerprint density at radius 1 is 1.24 bits per heavy atom. The van der Waals surface area contributed by atoms with Crippen LogP contribution >= 0.6 is 0 Å². The summed E-state index contributed by atoms with van der Waals surface area (Å²) in [5, 5.41) is 0. The molecule has 0 unspecified atom stereocenters. The smallest absolute Gasteiger partial charge is 0.308 e. The molecule has 0 aromatic heterocycles. The topological polar surface area (TPSA) is 26.3 Å². The third-order valence-electron chi connectivity index (χ3n) is 2.97. The van der Waals surface area contributed by atoms with Crippen LogP contribution in [0.4, 0.5) is 0 Å². The van der Waals surface area contributed by atoms with Gasteiger partial charge in [0.15, 0.2) is 0 Å². The molecule has 0 aliphatic carbocycles. The molecular formula is C15H22O2. The fraction of sp³-hybridized carbons (Fsp3) is 0.533. The number of carbonyl (C=O) groups is 1. The van der Waals surface area contributed by atoms with Crippen molar-refractivity contribution < 1.29 is 9.53 Å². The van der Waals surface area contributed by atoms with Crippen molar-refractivity contribution in [3.8, 4) is 0 Å². The lowest BCUT2D eigenvalue weighted by Crippen LogP contribution is -2.17. The third kappa shape index (κ3) is 5.03. The molecule has 0 amide bonds. The first-order valence-corrected chi connectivity index (χ1v) is 6.48. The van der Waals surface area contributed by atoms with Crippen LogP contribution in [0.2, 0.25) is 0 Å². The Labute approximate surface area is 104 Å². The predicted molar refractivity (Wildman–Crippen MR) is 69.8 cm³/mol. The highest BCUT2D eigenvalue weighted by Gasteiger charge is 2.16. The van der Waals surface area contributed by atoms with E-state index in [-0.39, 0.29) is 11.9 Å². The lowest BCUT2D eigenvalue weighted by atomic mass is 9.97. The molecule has 0 bridgehead atoms. The number of aryl methyl sites for hydroxylation is 1. The first-order valence-electron chi connectivity index (χ1n) is 6.48. The molecule has 1 aromatic carbocycles. The van der Waals surface area contributed by atoms with Crippen molar-refractivity contribution in [1.29, 1.82) is 0 Å². The minimum atomic E-state index is -0.0388. The molecule has 94 valence electrons. The number of carbonyl (C=O) groups excluding carboxylic acids is 1. The van der Waals surface area contributed by atoms with Gasteiger partial charge in [-0.05, 0) is 38.2 Å². The maximum atomic E-state index is 11.6. The Hall–Kier alpha value is -1.31. The maximum absolute atomic E-state index is 11.6. The molecule has 0 spiro atoms. The summed E-state index contributed by atoms with van der Waals surface area (Å²) < 4.78 is 5.06. The molecule has 2 heteroatoms. The summed E-state index contributed by atoms with van der Waals surface area (Å²) in [4.78, 5) is 11.6. The average molecular weight is 234 g/mol. The standard InChI is InChI=1S/C15H22O2/c1-3-14(15(16)17-4-2)12-8-11-13-9-6-5-7-10-13/h5-7,9-10,14H,3-4,8,11-12H2,1-2H3/t14-/m0/s1. The van der Waals surface area contributed by atoms with E-state index >= 15 is 0 Å². The normalized spacial score (nSPS) is 12.1. The number of ether oxygens (including phenoxy) is 1. The minimum Gasteiger partial charge on any atom is -0.466 e. The van der Waals surface area contributed by atoms with Gasteiger partial charge in [0.1, 0.15) is 0 Å². The molecule has 0 radical (unpaired) electrons. The lowest BCUT2D eigenvalue weighted by Gasteiger charge is -2.13. The molecule has 0 saturated heterocycles. The molecule has 1 rings (SSSR count). The second kappa shape index (κ2) is 7.88. The Kier molecular flexibility index (Phi) is 6.38. The summed E-state index contributed by atoms with van der Waals surface area (Å²) in [6.45, 7) is 4.38. The number of hydrogen-bond acceptors (Lipinski definition) is 2. The molecule has 0 aliphatic heterocycles. The second-order valence-electron chi connectivity index (χ2n) is 4.24. The van der Waals surface area contributed by atoms with Gasteiger partial charge >= 0.3 is 5.97 Å². The molecule has 0 N–H and O–H groups in total. The highest BCUT2D eigenvalue weighted by molar-refractivity contribution is 5.72. The van der Waals surface area contributed by atoms with E-state index in [1.165, 1.54) is 5.56 Å². The van der Waals surface area contributed by atoms with Crippen molar-refractivity contribution in [2.75, 3.05) is 6.61 Å². The van der Waals surface area contributed by atoms with E-state index in [4.69, 9.17) is 4.74 Å². The molecular weight excluding hydrogens is 212 g/mol. The SMILES string of the molecule is CCOC(=O)[C@@H](CC)CCCc1ccccc1. The molecule has 1 atom stereocenters. The monoisotopic (exact) mass is 234 g/mol. The van der Waals surface area contributed by atoms with Crippen molar-refractivity contribution in [3.05, 3.63) is 35.9 Å². The van der Waals surface area contributed by atoms with Crippen LogP contribution in [-0.4, -0.2) is 12.6 Å². The van der Waals surface area contributed by atoms with Gasteiger partial charge in [0.25, 0.3) is 0 Å². The molecule has 17 heavy (non-hydrogen) atoms. The van der Waals surface area contributed by atoms with E-state index in [0.29, 0.717) is 6.61 Å². The number of hydrogen-bond donors (Lipinski definition) is 0. The Morgan fingerprint density at radius 3 is 2.53 bits per heavy atom. The van der Waals surface area contributed by atoms with Crippen LogP contribution in [-0.2, 0) is 16.0 Å². The van der Waals surface area contributed by atoms with Crippen LogP contribution in [0, 0.1) is 5.92 Å². The fourth-order valence-electron chi connectivity index (χ4n) is 1.95. The summed E-state index contributed by atoms with van der Waals surface area (Å²) >= 11 is 0. The predicted octanol–water partition coefficient (Wildman–Crippen LogP) is 3.60. The van der Waals surface area contributed by atoms with Gasteiger partial charge in [0.2, 0.25) is 0 Å². The van der Waals surface area contributed by atoms with Crippen molar-refractivity contribution >= 4 is 5.97 Å². The van der Waals surface area contributed by atoms with E-state index < -0.39 is 0 Å². The summed E-state index contributed by atoms with van der Waals surface area (Å²) in [5.41, 5.74) is 1.34. The van der Waals surface area contributed by atoms with Crippen molar-refractivity contribution in [2.45, 2.75) is 39.5 Å². The number of esters is 1. The lowest BCUT2D eigenvalue weighted by molar-refractivity contribution is -0.148. The van der Waals surface area contributed by atoms with Crippen LogP contribution in [0.1, 0.15) is 38.7 Å². The summed E-state index contributed by atoms with van der Waals surface area (Å²) in [6.07, 6.45) is 3.87. The zero-order chi connectivity index (χ0) is 12.5. The van der Waals surface area contributed by atoms with Crippen molar-refractivity contribution in [3.63, 3.8) is 0 Å². The highest BCUT2D eigenvalue weighted by atomic mass is 16.5. The van der Waals surface area contributed by atoms with Crippen LogP contribution in [0.25, 0.3) is 0 Å². The van der Waals surface area contributed by atoms with E-state index in [1.807, 2.05) is 19.9 Å². The van der Waals surface area contributed by atoms with E-state index in [2.05, 4.69) is 24.3 Å².